The monoisotopic (exact) mass is 430 g/mol. The van der Waals surface area contributed by atoms with Crippen molar-refractivity contribution in [1.82, 2.24) is 19.9 Å². The minimum atomic E-state index is -0.206. The van der Waals surface area contributed by atoms with Gasteiger partial charge in [0.1, 0.15) is 5.82 Å². The van der Waals surface area contributed by atoms with Gasteiger partial charge < -0.3 is 5.32 Å². The second-order valence-electron chi connectivity index (χ2n) is 7.23. The Balaban J connectivity index is 1.62. The average molecular weight is 431 g/mol. The van der Waals surface area contributed by atoms with Gasteiger partial charge in [-0.05, 0) is 43.2 Å². The number of carbonyl (C=O) groups excluding carboxylic acids is 1. The van der Waals surface area contributed by atoms with Crippen LogP contribution in [0.25, 0.3) is 16.7 Å². The summed E-state index contributed by atoms with van der Waals surface area (Å²) < 4.78 is 1.47. The summed E-state index contributed by atoms with van der Waals surface area (Å²) in [7, 11) is 0. The molecular formula is C24H22N4O2S. The molecule has 2 aromatic carbocycles. The van der Waals surface area contributed by atoms with Gasteiger partial charge in [-0.2, -0.15) is 0 Å². The molecule has 1 atom stereocenters. The SMILES string of the molecule is Cc1ccc(-n2c(SCC(=O)NC(C)c3ccccc3)nc3ccccc3c2=O)nc1. The molecule has 0 fully saturated rings. The highest BCUT2D eigenvalue weighted by molar-refractivity contribution is 7.99. The van der Waals surface area contributed by atoms with Crippen molar-refractivity contribution in [2.45, 2.75) is 25.0 Å². The molecule has 6 nitrogen and oxygen atoms in total. The Hall–Kier alpha value is -3.45. The molecule has 2 aromatic heterocycles. The lowest BCUT2D eigenvalue weighted by Gasteiger charge is -2.15. The smallest absolute Gasteiger partial charge is 0.267 e. The van der Waals surface area contributed by atoms with Crippen LogP contribution in [0.5, 0.6) is 0 Å². The Bertz CT molecular complexity index is 1270. The van der Waals surface area contributed by atoms with Gasteiger partial charge in [0.15, 0.2) is 5.16 Å². The maximum absolute atomic E-state index is 13.2. The molecule has 1 N–H and O–H groups in total. The van der Waals surface area contributed by atoms with E-state index in [9.17, 15) is 9.59 Å². The van der Waals surface area contributed by atoms with Crippen molar-refractivity contribution in [2.75, 3.05) is 5.75 Å². The summed E-state index contributed by atoms with van der Waals surface area (Å²) in [6.45, 7) is 3.88. The first kappa shape index (κ1) is 20.8. The van der Waals surface area contributed by atoms with Gasteiger partial charge in [-0.25, -0.2) is 14.5 Å². The zero-order valence-electron chi connectivity index (χ0n) is 17.3. The molecule has 0 aliphatic rings. The topological polar surface area (TPSA) is 76.9 Å². The lowest BCUT2D eigenvalue weighted by atomic mass is 10.1. The summed E-state index contributed by atoms with van der Waals surface area (Å²) >= 11 is 1.22. The van der Waals surface area contributed by atoms with Gasteiger partial charge in [0.25, 0.3) is 5.56 Å². The van der Waals surface area contributed by atoms with E-state index in [1.807, 2.05) is 62.4 Å². The summed E-state index contributed by atoms with van der Waals surface area (Å²) in [6, 6.07) is 20.5. The fourth-order valence-corrected chi connectivity index (χ4v) is 4.05. The molecule has 0 bridgehead atoms. The van der Waals surface area contributed by atoms with Gasteiger partial charge >= 0.3 is 0 Å². The first-order valence-electron chi connectivity index (χ1n) is 9.95. The predicted molar refractivity (Wildman–Crippen MR) is 124 cm³/mol. The van der Waals surface area contributed by atoms with Crippen LogP contribution in [-0.2, 0) is 4.79 Å². The molecule has 1 amide bonds. The largest absolute Gasteiger partial charge is 0.349 e. The zero-order chi connectivity index (χ0) is 21.8. The van der Waals surface area contributed by atoms with E-state index in [1.54, 1.807) is 24.4 Å². The summed E-state index contributed by atoms with van der Waals surface area (Å²) in [5.74, 6) is 0.481. The van der Waals surface area contributed by atoms with Gasteiger partial charge in [-0.3, -0.25) is 9.59 Å². The van der Waals surface area contributed by atoms with Crippen molar-refractivity contribution >= 4 is 28.6 Å². The Kier molecular flexibility index (Phi) is 6.13. The standard InChI is InChI=1S/C24H22N4O2S/c1-16-12-13-21(25-14-16)28-23(30)19-10-6-7-11-20(19)27-24(28)31-15-22(29)26-17(2)18-8-4-3-5-9-18/h3-14,17H,15H2,1-2H3,(H,26,29). The number of rotatable bonds is 6. The number of nitrogens with one attached hydrogen (secondary N) is 1. The number of nitrogens with zero attached hydrogens (tertiary/aromatic N) is 3. The van der Waals surface area contributed by atoms with Gasteiger partial charge in [0.2, 0.25) is 5.91 Å². The summed E-state index contributed by atoms with van der Waals surface area (Å²) in [4.78, 5) is 34.8. The zero-order valence-corrected chi connectivity index (χ0v) is 18.1. The fourth-order valence-electron chi connectivity index (χ4n) is 3.24. The number of thioether (sulfide) groups is 1. The van der Waals surface area contributed by atoms with Crippen LogP contribution in [0, 0.1) is 6.92 Å². The van der Waals surface area contributed by atoms with E-state index in [0.717, 1.165) is 11.1 Å². The minimum Gasteiger partial charge on any atom is -0.349 e. The van der Waals surface area contributed by atoms with E-state index < -0.39 is 0 Å². The minimum absolute atomic E-state index is 0.111. The molecule has 0 spiro atoms. The van der Waals surface area contributed by atoms with Crippen LogP contribution in [0.3, 0.4) is 0 Å². The van der Waals surface area contributed by atoms with E-state index in [0.29, 0.717) is 21.9 Å². The van der Waals surface area contributed by atoms with Crippen LogP contribution in [0.1, 0.15) is 24.1 Å². The Morgan fingerprint density at radius 2 is 1.81 bits per heavy atom. The van der Waals surface area contributed by atoms with Gasteiger partial charge in [-0.1, -0.05) is 60.3 Å². The molecule has 4 aromatic rings. The molecule has 2 heterocycles. The lowest BCUT2D eigenvalue weighted by Crippen LogP contribution is -2.29. The van der Waals surface area contributed by atoms with Crippen molar-refractivity contribution in [3.05, 3.63) is 94.4 Å². The third-order valence-electron chi connectivity index (χ3n) is 4.88. The Morgan fingerprint density at radius 1 is 1.06 bits per heavy atom. The van der Waals surface area contributed by atoms with E-state index >= 15 is 0 Å². The first-order chi connectivity index (χ1) is 15.0. The van der Waals surface area contributed by atoms with Crippen molar-refractivity contribution in [3.8, 4) is 5.82 Å². The van der Waals surface area contributed by atoms with Gasteiger partial charge in [0.05, 0.1) is 22.7 Å². The number of aryl methyl sites for hydroxylation is 1. The van der Waals surface area contributed by atoms with Crippen molar-refractivity contribution < 1.29 is 4.79 Å². The summed E-state index contributed by atoms with van der Waals surface area (Å²) in [6.07, 6.45) is 1.71. The second-order valence-corrected chi connectivity index (χ2v) is 8.18. The molecule has 1 unspecified atom stereocenters. The van der Waals surface area contributed by atoms with Crippen molar-refractivity contribution in [1.29, 1.82) is 0 Å². The van der Waals surface area contributed by atoms with Crippen LogP contribution in [0.4, 0.5) is 0 Å². The predicted octanol–water partition coefficient (Wildman–Crippen LogP) is 4.06. The third-order valence-corrected chi connectivity index (χ3v) is 5.82. The molecule has 0 aliphatic carbocycles. The Labute approximate surface area is 184 Å². The van der Waals surface area contributed by atoms with Crippen LogP contribution < -0.4 is 10.9 Å². The highest BCUT2D eigenvalue weighted by atomic mass is 32.2. The molecule has 7 heteroatoms. The second kappa shape index (κ2) is 9.14. The summed E-state index contributed by atoms with van der Waals surface area (Å²) in [5.41, 5.74) is 2.42. The molecule has 0 aliphatic heterocycles. The maximum Gasteiger partial charge on any atom is 0.267 e. The third kappa shape index (κ3) is 4.67. The number of hydrogen-bond acceptors (Lipinski definition) is 5. The highest BCUT2D eigenvalue weighted by Gasteiger charge is 2.16. The molecule has 31 heavy (non-hydrogen) atoms. The van der Waals surface area contributed by atoms with Crippen LogP contribution in [0.2, 0.25) is 0 Å². The molecule has 0 radical (unpaired) electrons. The number of pyridine rings is 1. The molecular weight excluding hydrogens is 408 g/mol. The van der Waals surface area contributed by atoms with E-state index in [1.165, 1.54) is 16.3 Å². The number of benzene rings is 2. The van der Waals surface area contributed by atoms with Crippen LogP contribution in [-0.4, -0.2) is 26.2 Å². The van der Waals surface area contributed by atoms with Gasteiger partial charge in [-0.15, -0.1) is 0 Å². The number of aromatic nitrogens is 3. The van der Waals surface area contributed by atoms with E-state index in [2.05, 4.69) is 15.3 Å². The number of para-hydroxylation sites is 1. The molecule has 156 valence electrons. The molecule has 0 saturated heterocycles. The van der Waals surface area contributed by atoms with E-state index in [-0.39, 0.29) is 23.3 Å². The average Bonchev–Trinajstić information content (AvgIpc) is 2.79. The quantitative estimate of drug-likeness (QED) is 0.369. The number of hydrogen-bond donors (Lipinski definition) is 1. The molecule has 0 saturated carbocycles. The van der Waals surface area contributed by atoms with Crippen LogP contribution in [0.15, 0.2) is 82.9 Å². The van der Waals surface area contributed by atoms with Crippen molar-refractivity contribution in [2.24, 2.45) is 0 Å². The number of amides is 1. The summed E-state index contributed by atoms with van der Waals surface area (Å²) in [5, 5.41) is 3.94. The number of fused-ring (bicyclic) bond motifs is 1. The highest BCUT2D eigenvalue weighted by Crippen LogP contribution is 2.21. The maximum atomic E-state index is 13.2. The van der Waals surface area contributed by atoms with Crippen molar-refractivity contribution in [3.63, 3.8) is 0 Å². The fraction of sp³-hybridized carbons (Fsp3) is 0.167. The molecule has 4 rings (SSSR count). The van der Waals surface area contributed by atoms with Crippen LogP contribution >= 0.6 is 11.8 Å². The Morgan fingerprint density at radius 3 is 2.55 bits per heavy atom. The number of carbonyl (C=O) groups is 1. The van der Waals surface area contributed by atoms with Gasteiger partial charge in [0, 0.05) is 6.20 Å². The first-order valence-corrected chi connectivity index (χ1v) is 10.9. The normalized spacial score (nSPS) is 11.9. The lowest BCUT2D eigenvalue weighted by molar-refractivity contribution is -0.119. The van der Waals surface area contributed by atoms with E-state index in [4.69, 9.17) is 0 Å².